The minimum Gasteiger partial charge on any atom is -0.344 e. The van der Waals surface area contributed by atoms with Crippen molar-refractivity contribution in [1.29, 1.82) is 0 Å². The molecule has 0 bridgehead atoms. The highest BCUT2D eigenvalue weighted by Crippen LogP contribution is 2.29. The molecule has 1 unspecified atom stereocenters. The lowest BCUT2D eigenvalue weighted by Crippen LogP contribution is -2.44. The number of thiophene rings is 1. The molecule has 0 radical (unpaired) electrons. The molecule has 2 amide bonds. The number of hydrogen-bond acceptors (Lipinski definition) is 3. The van der Waals surface area contributed by atoms with E-state index >= 15 is 0 Å². The van der Waals surface area contributed by atoms with Crippen molar-refractivity contribution in [2.45, 2.75) is 18.9 Å². The van der Waals surface area contributed by atoms with Crippen LogP contribution in [0.5, 0.6) is 0 Å². The number of piperidine rings is 1. The Hall–Kier alpha value is -2.77. The molecule has 1 N–H and O–H groups in total. The van der Waals surface area contributed by atoms with E-state index in [1.54, 1.807) is 23.5 Å². The molecule has 166 valence electrons. The molecule has 2 heterocycles. The second kappa shape index (κ2) is 9.79. The maximum atomic E-state index is 14.0. The predicted molar refractivity (Wildman–Crippen MR) is 121 cm³/mol. The van der Waals surface area contributed by atoms with Crippen LogP contribution in [0.1, 0.15) is 39.7 Å². The molecular weight excluding hydrogens is 454 g/mol. The highest BCUT2D eigenvalue weighted by molar-refractivity contribution is 7.10. The average molecular weight is 475 g/mol. The van der Waals surface area contributed by atoms with Crippen LogP contribution < -0.4 is 5.32 Å². The Bertz CT molecular complexity index is 1100. The highest BCUT2D eigenvalue weighted by atomic mass is 35.5. The summed E-state index contributed by atoms with van der Waals surface area (Å²) in [5.74, 6) is -2.43. The monoisotopic (exact) mass is 474 g/mol. The van der Waals surface area contributed by atoms with Gasteiger partial charge in [0.15, 0.2) is 0 Å². The van der Waals surface area contributed by atoms with Gasteiger partial charge in [0.1, 0.15) is 11.6 Å². The van der Waals surface area contributed by atoms with Crippen molar-refractivity contribution in [2.24, 2.45) is 5.92 Å². The Kier molecular flexibility index (Phi) is 6.86. The summed E-state index contributed by atoms with van der Waals surface area (Å²) in [6.07, 6.45) is 0.941. The maximum Gasteiger partial charge on any atom is 0.256 e. The lowest BCUT2D eigenvalue weighted by molar-refractivity contribution is -0.126. The predicted octanol–water partition coefficient (Wildman–Crippen LogP) is 5.44. The fraction of sp³-hybridized carbons (Fsp3) is 0.250. The third-order valence-electron chi connectivity index (χ3n) is 5.63. The van der Waals surface area contributed by atoms with Crippen molar-refractivity contribution < 1.29 is 18.4 Å². The Morgan fingerprint density at radius 2 is 1.78 bits per heavy atom. The summed E-state index contributed by atoms with van der Waals surface area (Å²) in [7, 11) is 0. The van der Waals surface area contributed by atoms with Crippen LogP contribution in [-0.4, -0.2) is 29.8 Å². The summed E-state index contributed by atoms with van der Waals surface area (Å²) in [5, 5.41) is 5.73. The second-order valence-corrected chi connectivity index (χ2v) is 9.11. The standard InChI is InChI=1S/C24H21ClF2N2O2S/c25-17-5-3-15(4-6-17)22(21-2-1-13-32-21)28-23(30)16-9-11-29(12-10-16)24(31)19-8-7-18(26)14-20(19)27/h1-8,13-14,16,22H,9-12H2,(H,28,30). The quantitative estimate of drug-likeness (QED) is 0.535. The Labute approximate surface area is 193 Å². The molecule has 1 aromatic heterocycles. The molecule has 32 heavy (non-hydrogen) atoms. The molecule has 3 aromatic rings. The summed E-state index contributed by atoms with van der Waals surface area (Å²) >= 11 is 7.57. The molecular formula is C24H21ClF2N2O2S. The van der Waals surface area contributed by atoms with E-state index in [9.17, 15) is 18.4 Å². The normalized spacial score (nSPS) is 15.4. The number of benzene rings is 2. The van der Waals surface area contributed by atoms with Crippen LogP contribution in [-0.2, 0) is 4.79 Å². The minimum atomic E-state index is -0.878. The average Bonchev–Trinajstić information content (AvgIpc) is 3.32. The zero-order valence-electron chi connectivity index (χ0n) is 17.1. The summed E-state index contributed by atoms with van der Waals surface area (Å²) in [4.78, 5) is 28.2. The van der Waals surface area contributed by atoms with E-state index in [1.165, 1.54) is 4.90 Å². The number of hydrogen-bond donors (Lipinski definition) is 1. The molecule has 8 heteroatoms. The van der Waals surface area contributed by atoms with Gasteiger partial charge in [-0.1, -0.05) is 29.8 Å². The van der Waals surface area contributed by atoms with E-state index in [4.69, 9.17) is 11.6 Å². The third-order valence-corrected chi connectivity index (χ3v) is 6.82. The molecule has 1 aliphatic heterocycles. The molecule has 1 saturated heterocycles. The van der Waals surface area contributed by atoms with Gasteiger partial charge in [-0.15, -0.1) is 11.3 Å². The molecule has 1 fully saturated rings. The lowest BCUT2D eigenvalue weighted by atomic mass is 9.94. The fourth-order valence-corrected chi connectivity index (χ4v) is 4.80. The van der Waals surface area contributed by atoms with E-state index in [1.807, 2.05) is 29.6 Å². The topological polar surface area (TPSA) is 49.4 Å². The maximum absolute atomic E-state index is 14.0. The summed E-state index contributed by atoms with van der Waals surface area (Å²) in [5.41, 5.74) is 0.777. The minimum absolute atomic E-state index is 0.0848. The number of likely N-dealkylation sites (tertiary alicyclic amines) is 1. The number of nitrogens with zero attached hydrogens (tertiary/aromatic N) is 1. The van der Waals surface area contributed by atoms with Crippen LogP contribution in [0.25, 0.3) is 0 Å². The van der Waals surface area contributed by atoms with Crippen LogP contribution in [0.15, 0.2) is 60.0 Å². The summed E-state index contributed by atoms with van der Waals surface area (Å²) in [6, 6.07) is 13.9. The van der Waals surface area contributed by atoms with Gasteiger partial charge in [0, 0.05) is 35.0 Å². The van der Waals surface area contributed by atoms with Crippen LogP contribution in [0, 0.1) is 17.6 Å². The van der Waals surface area contributed by atoms with Gasteiger partial charge in [0.25, 0.3) is 5.91 Å². The van der Waals surface area contributed by atoms with E-state index in [-0.39, 0.29) is 23.4 Å². The van der Waals surface area contributed by atoms with Gasteiger partial charge in [0.2, 0.25) is 5.91 Å². The van der Waals surface area contributed by atoms with Crippen molar-refractivity contribution in [2.75, 3.05) is 13.1 Å². The van der Waals surface area contributed by atoms with Crippen LogP contribution >= 0.6 is 22.9 Å². The lowest BCUT2D eigenvalue weighted by Gasteiger charge is -2.32. The van der Waals surface area contributed by atoms with Crippen LogP contribution in [0.2, 0.25) is 5.02 Å². The SMILES string of the molecule is O=C(NC(c1ccc(Cl)cc1)c1cccs1)C1CCN(C(=O)c2ccc(F)cc2F)CC1. The molecule has 0 spiro atoms. The van der Waals surface area contributed by atoms with E-state index in [0.717, 1.165) is 22.6 Å². The first-order valence-corrected chi connectivity index (χ1v) is 11.5. The van der Waals surface area contributed by atoms with Gasteiger partial charge < -0.3 is 10.2 Å². The van der Waals surface area contributed by atoms with Crippen molar-refractivity contribution in [3.63, 3.8) is 0 Å². The fourth-order valence-electron chi connectivity index (χ4n) is 3.87. The van der Waals surface area contributed by atoms with Crippen molar-refractivity contribution in [1.82, 2.24) is 10.2 Å². The summed E-state index contributed by atoms with van der Waals surface area (Å²) in [6.45, 7) is 0.663. The zero-order chi connectivity index (χ0) is 22.7. The molecule has 1 aliphatic rings. The van der Waals surface area contributed by atoms with Gasteiger partial charge in [-0.25, -0.2) is 8.78 Å². The van der Waals surface area contributed by atoms with Gasteiger partial charge in [0.05, 0.1) is 11.6 Å². The number of halogens is 3. The van der Waals surface area contributed by atoms with Gasteiger partial charge in [-0.2, -0.15) is 0 Å². The molecule has 4 rings (SSSR count). The molecule has 0 aliphatic carbocycles. The van der Waals surface area contributed by atoms with Gasteiger partial charge in [-0.05, 0) is 54.1 Å². The van der Waals surface area contributed by atoms with Crippen LogP contribution in [0.3, 0.4) is 0 Å². The summed E-state index contributed by atoms with van der Waals surface area (Å²) < 4.78 is 27.1. The second-order valence-electron chi connectivity index (χ2n) is 7.70. The smallest absolute Gasteiger partial charge is 0.256 e. The van der Waals surface area contributed by atoms with E-state index in [0.29, 0.717) is 37.0 Å². The van der Waals surface area contributed by atoms with Gasteiger partial charge in [-0.3, -0.25) is 9.59 Å². The van der Waals surface area contributed by atoms with Crippen LogP contribution in [0.4, 0.5) is 8.78 Å². The molecule has 1 atom stereocenters. The third kappa shape index (κ3) is 5.00. The molecule has 2 aromatic carbocycles. The zero-order valence-corrected chi connectivity index (χ0v) is 18.6. The first kappa shape index (κ1) is 22.4. The van der Waals surface area contributed by atoms with E-state index in [2.05, 4.69) is 5.32 Å². The largest absolute Gasteiger partial charge is 0.344 e. The van der Waals surface area contributed by atoms with Crippen molar-refractivity contribution in [3.8, 4) is 0 Å². The van der Waals surface area contributed by atoms with Crippen molar-refractivity contribution >= 4 is 34.8 Å². The molecule has 0 saturated carbocycles. The Balaban J connectivity index is 1.41. The number of rotatable bonds is 5. The Morgan fingerprint density at radius 3 is 2.41 bits per heavy atom. The Morgan fingerprint density at radius 1 is 1.06 bits per heavy atom. The van der Waals surface area contributed by atoms with Gasteiger partial charge >= 0.3 is 0 Å². The highest BCUT2D eigenvalue weighted by Gasteiger charge is 2.30. The van der Waals surface area contributed by atoms with E-state index < -0.39 is 17.5 Å². The number of carbonyl (C=O) groups is 2. The number of nitrogens with one attached hydrogen (secondary N) is 1. The first-order chi connectivity index (χ1) is 15.4. The molecule has 4 nitrogen and oxygen atoms in total. The number of amides is 2. The van der Waals surface area contributed by atoms with Crippen molar-refractivity contribution in [3.05, 3.63) is 92.6 Å². The first-order valence-electron chi connectivity index (χ1n) is 10.3. The number of carbonyl (C=O) groups excluding carboxylic acids is 2.